The summed E-state index contributed by atoms with van der Waals surface area (Å²) in [5.41, 5.74) is 1.29. The zero-order valence-electron chi connectivity index (χ0n) is 15.0. The van der Waals surface area contributed by atoms with E-state index < -0.39 is 21.9 Å². The van der Waals surface area contributed by atoms with Crippen molar-refractivity contribution >= 4 is 44.9 Å². The number of esters is 1. The van der Waals surface area contributed by atoms with Crippen LogP contribution in [0.4, 0.5) is 11.4 Å². The number of amides is 1. The van der Waals surface area contributed by atoms with Crippen LogP contribution in [-0.2, 0) is 14.8 Å². The van der Waals surface area contributed by atoms with Gasteiger partial charge in [-0.1, -0.05) is 11.6 Å². The third kappa shape index (κ3) is 4.78. The van der Waals surface area contributed by atoms with Crippen molar-refractivity contribution in [3.05, 3.63) is 58.6 Å². The van der Waals surface area contributed by atoms with Crippen LogP contribution >= 0.6 is 11.6 Å². The van der Waals surface area contributed by atoms with Crippen LogP contribution in [0.5, 0.6) is 0 Å². The molecule has 0 saturated carbocycles. The Morgan fingerprint density at radius 2 is 1.78 bits per heavy atom. The van der Waals surface area contributed by atoms with Gasteiger partial charge in [-0.2, -0.15) is 0 Å². The van der Waals surface area contributed by atoms with Crippen LogP contribution in [0.2, 0.25) is 5.02 Å². The lowest BCUT2D eigenvalue weighted by molar-refractivity contribution is 0.0600. The third-order valence-electron chi connectivity index (χ3n) is 3.90. The van der Waals surface area contributed by atoms with E-state index in [0.717, 1.165) is 4.31 Å². The molecule has 0 atom stereocenters. The highest BCUT2D eigenvalue weighted by Crippen LogP contribution is 2.22. The number of methoxy groups -OCH3 is 1. The molecule has 2 rings (SSSR count). The first kappa shape index (κ1) is 20.7. The van der Waals surface area contributed by atoms with Gasteiger partial charge in [-0.15, -0.1) is 0 Å². The Hall–Kier alpha value is -2.58. The van der Waals surface area contributed by atoms with E-state index in [1.54, 1.807) is 25.1 Å². The molecule has 0 aromatic heterocycles. The summed E-state index contributed by atoms with van der Waals surface area (Å²) in [4.78, 5) is 24.1. The molecule has 1 N–H and O–H groups in total. The lowest BCUT2D eigenvalue weighted by atomic mass is 10.1. The molecule has 9 heteroatoms. The summed E-state index contributed by atoms with van der Waals surface area (Å²) in [7, 11) is -0.684. The molecule has 2 aromatic rings. The van der Waals surface area contributed by atoms with Gasteiger partial charge in [0.25, 0.3) is 5.91 Å². The molecule has 0 radical (unpaired) electrons. The summed E-state index contributed by atoms with van der Waals surface area (Å²) < 4.78 is 29.6. The summed E-state index contributed by atoms with van der Waals surface area (Å²) in [6.07, 6.45) is 0. The molecule has 144 valence electrons. The van der Waals surface area contributed by atoms with Crippen molar-refractivity contribution in [2.45, 2.75) is 6.92 Å². The largest absolute Gasteiger partial charge is 0.465 e. The molecule has 0 saturated heterocycles. The number of nitrogens with one attached hydrogen (secondary N) is 1. The lowest BCUT2D eigenvalue weighted by Gasteiger charge is -2.18. The number of sulfonamides is 1. The number of ether oxygens (including phenoxy) is 1. The van der Waals surface area contributed by atoms with Crippen LogP contribution < -0.4 is 9.62 Å². The fourth-order valence-corrected chi connectivity index (χ4v) is 3.27. The minimum absolute atomic E-state index is 0.0230. The number of carbonyl (C=O) groups excluding carboxylic acids is 2. The van der Waals surface area contributed by atoms with Crippen LogP contribution in [0.25, 0.3) is 0 Å². The Balaban J connectivity index is 2.19. The van der Waals surface area contributed by atoms with Crippen molar-refractivity contribution in [1.29, 1.82) is 0 Å². The molecule has 1 amide bonds. The van der Waals surface area contributed by atoms with Crippen LogP contribution in [0.3, 0.4) is 0 Å². The number of hydrogen-bond acceptors (Lipinski definition) is 5. The molecule has 7 nitrogen and oxygen atoms in total. The Bertz CT molecular complexity index is 958. The van der Waals surface area contributed by atoms with Crippen molar-refractivity contribution in [1.82, 2.24) is 0 Å². The van der Waals surface area contributed by atoms with Gasteiger partial charge in [0.1, 0.15) is 0 Å². The van der Waals surface area contributed by atoms with Gasteiger partial charge in [-0.25, -0.2) is 13.2 Å². The summed E-state index contributed by atoms with van der Waals surface area (Å²) in [5, 5.41) is 2.87. The molecule has 0 aliphatic rings. The minimum Gasteiger partial charge on any atom is -0.465 e. The van der Waals surface area contributed by atoms with Crippen molar-refractivity contribution in [3.8, 4) is 0 Å². The van der Waals surface area contributed by atoms with Crippen molar-refractivity contribution in [2.75, 3.05) is 29.5 Å². The van der Waals surface area contributed by atoms with E-state index >= 15 is 0 Å². The lowest BCUT2D eigenvalue weighted by Crippen LogP contribution is -2.28. The minimum atomic E-state index is -3.38. The molecule has 0 heterocycles. The monoisotopic (exact) mass is 410 g/mol. The van der Waals surface area contributed by atoms with Crippen LogP contribution in [0, 0.1) is 0 Å². The second-order valence-corrected chi connectivity index (χ2v) is 8.25. The van der Waals surface area contributed by atoms with Gasteiger partial charge in [0.05, 0.1) is 29.1 Å². The molecule has 0 aliphatic carbocycles. The number of rotatable bonds is 6. The van der Waals surface area contributed by atoms with E-state index in [4.69, 9.17) is 11.6 Å². The molecule has 0 spiro atoms. The quantitative estimate of drug-likeness (QED) is 0.738. The number of hydrogen-bond donors (Lipinski definition) is 1. The van der Waals surface area contributed by atoms with Gasteiger partial charge >= 0.3 is 5.97 Å². The Labute approximate surface area is 162 Å². The zero-order chi connectivity index (χ0) is 20.2. The molecule has 27 heavy (non-hydrogen) atoms. The summed E-state index contributed by atoms with van der Waals surface area (Å²) in [5.74, 6) is -1.05. The zero-order valence-corrected chi connectivity index (χ0v) is 16.6. The normalized spacial score (nSPS) is 11.0. The Morgan fingerprint density at radius 3 is 2.33 bits per heavy atom. The van der Waals surface area contributed by atoms with Crippen molar-refractivity contribution in [2.24, 2.45) is 0 Å². The molecule has 0 bridgehead atoms. The molecule has 0 aliphatic heterocycles. The maximum absolute atomic E-state index is 12.4. The van der Waals surface area contributed by atoms with E-state index in [-0.39, 0.29) is 16.3 Å². The van der Waals surface area contributed by atoms with Crippen LogP contribution in [-0.4, -0.2) is 40.2 Å². The fraction of sp³-hybridized carbons (Fsp3) is 0.222. The number of benzene rings is 2. The predicted molar refractivity (Wildman–Crippen MR) is 105 cm³/mol. The van der Waals surface area contributed by atoms with E-state index in [1.807, 2.05) is 0 Å². The number of anilines is 2. The van der Waals surface area contributed by atoms with Crippen molar-refractivity contribution in [3.63, 3.8) is 0 Å². The average molecular weight is 411 g/mol. The first-order chi connectivity index (χ1) is 12.7. The van der Waals surface area contributed by atoms with Gasteiger partial charge in [0, 0.05) is 18.3 Å². The molecular formula is C18H19ClN2O5S. The Morgan fingerprint density at radius 1 is 1.15 bits per heavy atom. The SMILES string of the molecule is CCS(=O)(=O)N(C)c1ccc(C(=O)Nc2ccc(Cl)c(C(=O)OC)c2)cc1. The first-order valence-electron chi connectivity index (χ1n) is 7.95. The van der Waals surface area contributed by atoms with E-state index in [1.165, 1.54) is 38.4 Å². The average Bonchev–Trinajstić information content (AvgIpc) is 2.68. The third-order valence-corrected chi connectivity index (χ3v) is 6.01. The number of halogens is 1. The second-order valence-electron chi connectivity index (χ2n) is 5.56. The van der Waals surface area contributed by atoms with Crippen LogP contribution in [0.1, 0.15) is 27.6 Å². The standard InChI is InChI=1S/C18H19ClN2O5S/c1-4-27(24,25)21(2)14-8-5-12(6-9-14)17(22)20-13-7-10-16(19)15(11-13)18(23)26-3/h5-11H,4H2,1-3H3,(H,20,22). The highest BCUT2D eigenvalue weighted by Gasteiger charge is 2.17. The topological polar surface area (TPSA) is 92.8 Å². The molecule has 2 aromatic carbocycles. The summed E-state index contributed by atoms with van der Waals surface area (Å²) in [6, 6.07) is 10.6. The predicted octanol–water partition coefficient (Wildman–Crippen LogP) is 3.16. The van der Waals surface area contributed by atoms with Gasteiger partial charge in [-0.05, 0) is 49.4 Å². The number of carbonyl (C=O) groups is 2. The van der Waals surface area contributed by atoms with Crippen molar-refractivity contribution < 1.29 is 22.7 Å². The Kier molecular flexibility index (Phi) is 6.45. The van der Waals surface area contributed by atoms with Gasteiger partial charge in [-0.3, -0.25) is 9.10 Å². The van der Waals surface area contributed by atoms with E-state index in [0.29, 0.717) is 16.9 Å². The molecule has 0 unspecified atom stereocenters. The maximum Gasteiger partial charge on any atom is 0.339 e. The first-order valence-corrected chi connectivity index (χ1v) is 9.94. The van der Waals surface area contributed by atoms with Gasteiger partial charge < -0.3 is 10.1 Å². The van der Waals surface area contributed by atoms with Crippen LogP contribution in [0.15, 0.2) is 42.5 Å². The van der Waals surface area contributed by atoms with E-state index in [2.05, 4.69) is 10.1 Å². The fourth-order valence-electron chi connectivity index (χ4n) is 2.25. The van der Waals surface area contributed by atoms with E-state index in [9.17, 15) is 18.0 Å². The summed E-state index contributed by atoms with van der Waals surface area (Å²) in [6.45, 7) is 1.56. The maximum atomic E-state index is 12.4. The van der Waals surface area contributed by atoms with Gasteiger partial charge in [0.2, 0.25) is 10.0 Å². The molecule has 0 fully saturated rings. The summed E-state index contributed by atoms with van der Waals surface area (Å²) >= 11 is 5.95. The molecular weight excluding hydrogens is 392 g/mol. The highest BCUT2D eigenvalue weighted by atomic mass is 35.5. The number of nitrogens with zero attached hydrogens (tertiary/aromatic N) is 1. The highest BCUT2D eigenvalue weighted by molar-refractivity contribution is 7.92. The van der Waals surface area contributed by atoms with Gasteiger partial charge in [0.15, 0.2) is 0 Å². The smallest absolute Gasteiger partial charge is 0.339 e. The second kappa shape index (κ2) is 8.41.